The molecule has 0 saturated heterocycles. The van der Waals surface area contributed by atoms with Crippen molar-refractivity contribution in [3.63, 3.8) is 0 Å². The van der Waals surface area contributed by atoms with Crippen molar-refractivity contribution in [3.05, 3.63) is 29.8 Å². The summed E-state index contributed by atoms with van der Waals surface area (Å²) in [5.41, 5.74) is 1.23. The number of rotatable bonds is 1. The number of benzene rings is 1. The second kappa shape index (κ2) is 10.9. The zero-order valence-electron chi connectivity index (χ0n) is 9.43. The molecule has 1 nitrogen and oxygen atoms in total. The molecular formula is C11H17F3O. The lowest BCUT2D eigenvalue weighted by Crippen LogP contribution is -1.81. The zero-order valence-corrected chi connectivity index (χ0v) is 9.43. The third kappa shape index (κ3) is 12.8. The summed E-state index contributed by atoms with van der Waals surface area (Å²) in [5, 5.41) is 0. The highest BCUT2D eigenvalue weighted by molar-refractivity contribution is 5.27. The number of methoxy groups -OCH3 is 1. The molecule has 0 N–H and O–H groups in total. The second-order valence-corrected chi connectivity index (χ2v) is 2.27. The smallest absolute Gasteiger partial charge is 0.379 e. The lowest BCUT2D eigenvalue weighted by Gasteiger charge is -1.97. The first-order valence-corrected chi connectivity index (χ1v) is 4.59. The fourth-order valence-corrected chi connectivity index (χ4v) is 0.742. The minimum atomic E-state index is -3.67. The van der Waals surface area contributed by atoms with Crippen LogP contribution in [0.3, 0.4) is 0 Å². The predicted octanol–water partition coefficient (Wildman–Crippen LogP) is 4.21. The summed E-state index contributed by atoms with van der Waals surface area (Å²) in [6, 6.07) is 7.96. The highest BCUT2D eigenvalue weighted by Gasteiger charge is 1.87. The molecule has 0 heterocycles. The summed E-state index contributed by atoms with van der Waals surface area (Å²) in [6.45, 7) is 2.38. The van der Waals surface area contributed by atoms with Gasteiger partial charge in [-0.2, -0.15) is 13.2 Å². The van der Waals surface area contributed by atoms with E-state index in [0.717, 1.165) is 5.75 Å². The van der Waals surface area contributed by atoms with Gasteiger partial charge in [0.2, 0.25) is 0 Å². The van der Waals surface area contributed by atoms with Gasteiger partial charge < -0.3 is 4.74 Å². The molecule has 0 aromatic heterocycles. The summed E-state index contributed by atoms with van der Waals surface area (Å²) >= 11 is 0. The zero-order chi connectivity index (χ0) is 12.3. The summed E-state index contributed by atoms with van der Waals surface area (Å²) in [5.74, 6) is 0.926. The Hall–Kier alpha value is -1.19. The van der Waals surface area contributed by atoms with Gasteiger partial charge in [0.25, 0.3) is 0 Å². The lowest BCUT2D eigenvalue weighted by atomic mass is 10.2. The van der Waals surface area contributed by atoms with E-state index in [2.05, 4.69) is 0 Å². The van der Waals surface area contributed by atoms with Crippen LogP contribution < -0.4 is 4.74 Å². The average molecular weight is 222 g/mol. The highest BCUT2D eigenvalue weighted by Crippen LogP contribution is 2.10. The van der Waals surface area contributed by atoms with Crippen molar-refractivity contribution in [2.45, 2.75) is 27.5 Å². The average Bonchev–Trinajstić information content (AvgIpc) is 2.20. The third-order valence-corrected chi connectivity index (χ3v) is 1.23. The fraction of sp³-hybridized carbons (Fsp3) is 0.455. The molecule has 0 unspecified atom stereocenters. The van der Waals surface area contributed by atoms with E-state index in [0.29, 0.717) is 0 Å². The standard InChI is InChI=1S/C8H10O.C2H6.CHF3/c1-7-4-3-5-8(6-7)9-2;1-2;2-1(3)4/h3-6H,1-2H3;1-2H3;1H. The van der Waals surface area contributed by atoms with E-state index in [1.165, 1.54) is 5.56 Å². The molecule has 0 spiro atoms. The van der Waals surface area contributed by atoms with E-state index in [4.69, 9.17) is 4.74 Å². The molecule has 1 rings (SSSR count). The molecule has 0 aliphatic carbocycles. The first-order valence-electron chi connectivity index (χ1n) is 4.59. The molecule has 0 atom stereocenters. The molecule has 0 radical (unpaired) electrons. The minimum absolute atomic E-state index is 0.926. The van der Waals surface area contributed by atoms with E-state index < -0.39 is 6.68 Å². The fourth-order valence-electron chi connectivity index (χ4n) is 0.742. The van der Waals surface area contributed by atoms with Crippen LogP contribution in [0.2, 0.25) is 0 Å². The van der Waals surface area contributed by atoms with Crippen LogP contribution in [0, 0.1) is 6.92 Å². The summed E-state index contributed by atoms with van der Waals surface area (Å²) < 4.78 is 34.0. The first kappa shape index (κ1) is 16.2. The van der Waals surface area contributed by atoms with Crippen LogP contribution in [0.15, 0.2) is 24.3 Å². The van der Waals surface area contributed by atoms with Crippen molar-refractivity contribution in [2.75, 3.05) is 7.11 Å². The van der Waals surface area contributed by atoms with Gasteiger partial charge in [-0.25, -0.2) is 0 Å². The molecule has 0 amide bonds. The van der Waals surface area contributed by atoms with Gasteiger partial charge in [-0.3, -0.25) is 0 Å². The molecule has 1 aromatic rings. The number of halogens is 3. The van der Waals surface area contributed by atoms with Crippen molar-refractivity contribution >= 4 is 0 Å². The van der Waals surface area contributed by atoms with E-state index in [1.54, 1.807) is 7.11 Å². The van der Waals surface area contributed by atoms with E-state index in [1.807, 2.05) is 45.0 Å². The normalized spacial score (nSPS) is 8.27. The molecule has 0 fully saturated rings. The Morgan fingerprint density at radius 3 is 1.87 bits per heavy atom. The van der Waals surface area contributed by atoms with Crippen LogP contribution >= 0.6 is 0 Å². The van der Waals surface area contributed by atoms with Crippen molar-refractivity contribution in [3.8, 4) is 5.75 Å². The van der Waals surface area contributed by atoms with E-state index in [9.17, 15) is 13.2 Å². The molecular weight excluding hydrogens is 205 g/mol. The van der Waals surface area contributed by atoms with Crippen LogP contribution in [0.4, 0.5) is 13.2 Å². The van der Waals surface area contributed by atoms with Gasteiger partial charge >= 0.3 is 6.68 Å². The van der Waals surface area contributed by atoms with Crippen molar-refractivity contribution in [1.29, 1.82) is 0 Å². The summed E-state index contributed by atoms with van der Waals surface area (Å²) in [6.07, 6.45) is 0. The van der Waals surface area contributed by atoms with Crippen LogP contribution in [0.5, 0.6) is 5.75 Å². The molecule has 1 aromatic carbocycles. The highest BCUT2D eigenvalue weighted by atomic mass is 19.4. The number of ether oxygens (including phenoxy) is 1. The maximum atomic E-state index is 9.67. The third-order valence-electron chi connectivity index (χ3n) is 1.23. The first-order chi connectivity index (χ1) is 7.06. The van der Waals surface area contributed by atoms with Gasteiger partial charge in [-0.1, -0.05) is 26.0 Å². The molecule has 15 heavy (non-hydrogen) atoms. The van der Waals surface area contributed by atoms with Crippen LogP contribution in [-0.4, -0.2) is 13.8 Å². The van der Waals surface area contributed by atoms with Gasteiger partial charge in [0.05, 0.1) is 7.11 Å². The molecule has 0 aliphatic heterocycles. The minimum Gasteiger partial charge on any atom is -0.497 e. The Labute approximate surface area is 88.9 Å². The lowest BCUT2D eigenvalue weighted by molar-refractivity contribution is 0.00819. The Morgan fingerprint density at radius 2 is 1.60 bits per heavy atom. The van der Waals surface area contributed by atoms with Gasteiger partial charge in [0, 0.05) is 0 Å². The van der Waals surface area contributed by atoms with Gasteiger partial charge in [-0.05, 0) is 24.6 Å². The van der Waals surface area contributed by atoms with E-state index >= 15 is 0 Å². The topological polar surface area (TPSA) is 9.23 Å². The summed E-state index contributed by atoms with van der Waals surface area (Å²) in [7, 11) is 1.68. The number of hydrogen-bond acceptors (Lipinski definition) is 1. The molecule has 0 bridgehead atoms. The van der Waals surface area contributed by atoms with Crippen molar-refractivity contribution in [2.24, 2.45) is 0 Å². The summed E-state index contributed by atoms with van der Waals surface area (Å²) in [4.78, 5) is 0. The molecule has 0 aliphatic rings. The van der Waals surface area contributed by atoms with Crippen molar-refractivity contribution < 1.29 is 17.9 Å². The van der Waals surface area contributed by atoms with Crippen molar-refractivity contribution in [1.82, 2.24) is 0 Å². The number of alkyl halides is 3. The molecule has 4 heteroatoms. The Morgan fingerprint density at radius 1 is 1.13 bits per heavy atom. The molecule has 88 valence electrons. The van der Waals surface area contributed by atoms with Gasteiger partial charge in [0.1, 0.15) is 5.75 Å². The van der Waals surface area contributed by atoms with Crippen LogP contribution in [0.1, 0.15) is 19.4 Å². The molecule has 0 saturated carbocycles. The Bertz CT molecular complexity index is 236. The quantitative estimate of drug-likeness (QED) is 0.691. The Balaban J connectivity index is 0. The van der Waals surface area contributed by atoms with E-state index in [-0.39, 0.29) is 0 Å². The largest absolute Gasteiger partial charge is 0.497 e. The van der Waals surface area contributed by atoms with Gasteiger partial charge in [0.15, 0.2) is 0 Å². The predicted molar refractivity (Wildman–Crippen MR) is 56.2 cm³/mol. The Kier molecular flexibility index (Phi) is 11.8. The second-order valence-electron chi connectivity index (χ2n) is 2.27. The maximum absolute atomic E-state index is 9.67. The SMILES string of the molecule is CC.COc1cccc(C)c1.FC(F)F. The van der Waals surface area contributed by atoms with Gasteiger partial charge in [-0.15, -0.1) is 0 Å². The number of aryl methyl sites for hydroxylation is 1. The van der Waals surface area contributed by atoms with Crippen LogP contribution in [0.25, 0.3) is 0 Å². The van der Waals surface area contributed by atoms with Crippen LogP contribution in [-0.2, 0) is 0 Å². The monoisotopic (exact) mass is 222 g/mol. The maximum Gasteiger partial charge on any atom is 0.379 e. The number of hydrogen-bond donors (Lipinski definition) is 0.